The van der Waals surface area contributed by atoms with E-state index in [0.29, 0.717) is 49.2 Å². The van der Waals surface area contributed by atoms with Crippen LogP contribution in [0.15, 0.2) is 30.3 Å². The summed E-state index contributed by atoms with van der Waals surface area (Å²) in [5.74, 6) is 0.827. The number of aromatic nitrogens is 2. The summed E-state index contributed by atoms with van der Waals surface area (Å²) >= 11 is 0. The molecule has 1 N–H and O–H groups in total. The summed E-state index contributed by atoms with van der Waals surface area (Å²) in [4.78, 5) is 27.7. The number of nitrogens with zero attached hydrogens (tertiary/aromatic N) is 2. The maximum absolute atomic E-state index is 13.0. The van der Waals surface area contributed by atoms with E-state index in [4.69, 9.17) is 4.74 Å². The number of amides is 1. The lowest BCUT2D eigenvalue weighted by Crippen LogP contribution is -2.52. The average Bonchev–Trinajstić information content (AvgIpc) is 3.10. The molecule has 0 radical (unpaired) electrons. The van der Waals surface area contributed by atoms with Gasteiger partial charge in [-0.2, -0.15) is 5.10 Å². The summed E-state index contributed by atoms with van der Waals surface area (Å²) < 4.78 is 6.39. The minimum atomic E-state index is -0.508. The fraction of sp³-hybridized carbons (Fsp3) is 0.375. The summed E-state index contributed by atoms with van der Waals surface area (Å²) in [6, 6.07) is 9.55. The van der Waals surface area contributed by atoms with E-state index in [1.54, 1.807) is 0 Å². The van der Waals surface area contributed by atoms with Crippen molar-refractivity contribution in [2.75, 3.05) is 13.1 Å². The average molecular weight is 403 g/mol. The molecule has 0 unspecified atom stereocenters. The van der Waals surface area contributed by atoms with Gasteiger partial charge in [-0.3, -0.25) is 14.7 Å². The van der Waals surface area contributed by atoms with Crippen molar-refractivity contribution in [2.45, 2.75) is 45.6 Å². The highest BCUT2D eigenvalue weighted by Gasteiger charge is 2.43. The Labute approximate surface area is 175 Å². The van der Waals surface area contributed by atoms with Crippen molar-refractivity contribution in [2.24, 2.45) is 0 Å². The molecule has 0 saturated carbocycles. The summed E-state index contributed by atoms with van der Waals surface area (Å²) in [5.41, 5.74) is 4.84. The Morgan fingerprint density at radius 2 is 1.83 bits per heavy atom. The first-order valence-electron chi connectivity index (χ1n) is 10.4. The molecule has 1 aromatic heterocycles. The first-order valence-corrected chi connectivity index (χ1v) is 10.4. The minimum absolute atomic E-state index is 0.00130. The molecule has 0 bridgehead atoms. The van der Waals surface area contributed by atoms with Gasteiger partial charge in [0.05, 0.1) is 17.5 Å². The number of likely N-dealkylation sites (tertiary alicyclic amines) is 1. The van der Waals surface area contributed by atoms with Gasteiger partial charge in [0.15, 0.2) is 5.78 Å². The molecule has 0 atom stereocenters. The molecule has 2 aliphatic heterocycles. The van der Waals surface area contributed by atoms with Crippen LogP contribution in [0.3, 0.4) is 0 Å². The highest BCUT2D eigenvalue weighted by Crippen LogP contribution is 2.40. The highest BCUT2D eigenvalue weighted by molar-refractivity contribution is 6.01. The van der Waals surface area contributed by atoms with E-state index < -0.39 is 5.60 Å². The van der Waals surface area contributed by atoms with E-state index >= 15 is 0 Å². The standard InChI is InChI=1S/C24H25N3O3/c1-14-10-19-21(28)13-24(30-22(19)11-15(14)2)6-8-27(9-7-24)23(29)17-4-5-18-16(3)25-26-20(18)12-17/h4-5,10-12H,6-9,13H2,1-3H3,(H,25,26). The summed E-state index contributed by atoms with van der Waals surface area (Å²) in [5, 5.41) is 8.25. The number of ketones is 1. The molecular formula is C24H25N3O3. The highest BCUT2D eigenvalue weighted by atomic mass is 16.5. The van der Waals surface area contributed by atoms with Gasteiger partial charge in [-0.1, -0.05) is 6.07 Å². The Hall–Kier alpha value is -3.15. The first kappa shape index (κ1) is 18.9. The Kier molecular flexibility index (Phi) is 4.20. The molecule has 6 nitrogen and oxygen atoms in total. The zero-order valence-electron chi connectivity index (χ0n) is 17.5. The Morgan fingerprint density at radius 1 is 1.10 bits per heavy atom. The Morgan fingerprint density at radius 3 is 2.60 bits per heavy atom. The molecule has 2 aliphatic rings. The predicted octanol–water partition coefficient (Wildman–Crippen LogP) is 4.13. The number of hydrogen-bond donors (Lipinski definition) is 1. The van der Waals surface area contributed by atoms with Crippen molar-refractivity contribution in [3.63, 3.8) is 0 Å². The number of aromatic amines is 1. The van der Waals surface area contributed by atoms with E-state index in [2.05, 4.69) is 10.2 Å². The van der Waals surface area contributed by atoms with Crippen molar-refractivity contribution < 1.29 is 14.3 Å². The number of rotatable bonds is 1. The largest absolute Gasteiger partial charge is 0.486 e. The third kappa shape index (κ3) is 2.98. The summed E-state index contributed by atoms with van der Waals surface area (Å²) in [7, 11) is 0. The third-order valence-corrected chi connectivity index (χ3v) is 6.66. The quantitative estimate of drug-likeness (QED) is 0.663. The van der Waals surface area contributed by atoms with Crippen LogP contribution in [0, 0.1) is 20.8 Å². The molecule has 5 rings (SSSR count). The van der Waals surface area contributed by atoms with Crippen molar-refractivity contribution in [1.29, 1.82) is 0 Å². The number of carbonyl (C=O) groups excluding carboxylic acids is 2. The maximum atomic E-state index is 13.0. The van der Waals surface area contributed by atoms with Crippen LogP contribution in [0.2, 0.25) is 0 Å². The molecule has 1 amide bonds. The number of H-pyrrole nitrogens is 1. The number of hydrogen-bond acceptors (Lipinski definition) is 4. The fourth-order valence-corrected chi connectivity index (χ4v) is 4.61. The Bertz CT molecular complexity index is 1190. The number of ether oxygens (including phenoxy) is 1. The second-order valence-corrected chi connectivity index (χ2v) is 8.69. The molecule has 3 heterocycles. The number of benzene rings is 2. The van der Waals surface area contributed by atoms with Crippen LogP contribution in [0.4, 0.5) is 0 Å². The smallest absolute Gasteiger partial charge is 0.253 e. The second kappa shape index (κ2) is 6.69. The zero-order valence-corrected chi connectivity index (χ0v) is 17.5. The van der Waals surface area contributed by atoms with Gasteiger partial charge in [0.25, 0.3) is 5.91 Å². The predicted molar refractivity (Wildman–Crippen MR) is 114 cm³/mol. The normalized spacial score (nSPS) is 17.8. The van der Waals surface area contributed by atoms with Crippen molar-refractivity contribution in [3.05, 3.63) is 58.3 Å². The number of aryl methyl sites for hydroxylation is 3. The van der Waals surface area contributed by atoms with Gasteiger partial charge >= 0.3 is 0 Å². The molecular weight excluding hydrogens is 378 g/mol. The van der Waals surface area contributed by atoms with Crippen molar-refractivity contribution in [3.8, 4) is 5.75 Å². The zero-order chi connectivity index (χ0) is 21.0. The lowest BCUT2D eigenvalue weighted by atomic mass is 9.81. The van der Waals surface area contributed by atoms with Crippen molar-refractivity contribution >= 4 is 22.6 Å². The van der Waals surface area contributed by atoms with Gasteiger partial charge in [0.1, 0.15) is 11.4 Å². The molecule has 1 spiro atoms. The lowest BCUT2D eigenvalue weighted by molar-refractivity contribution is -0.00575. The van der Waals surface area contributed by atoms with E-state index in [1.165, 1.54) is 0 Å². The molecule has 3 aromatic rings. The SMILES string of the molecule is Cc1cc2c(cc1C)C(=O)CC1(CCN(C(=O)c3ccc4c(C)[nH]nc4c3)CC1)O2. The molecule has 0 aliphatic carbocycles. The van der Waals surface area contributed by atoms with E-state index in [-0.39, 0.29) is 11.7 Å². The van der Waals surface area contributed by atoms with Crippen LogP contribution < -0.4 is 4.74 Å². The number of carbonyl (C=O) groups is 2. The van der Waals surface area contributed by atoms with E-state index in [0.717, 1.165) is 27.7 Å². The maximum Gasteiger partial charge on any atom is 0.253 e. The number of piperidine rings is 1. The fourth-order valence-electron chi connectivity index (χ4n) is 4.61. The molecule has 1 fully saturated rings. The van der Waals surface area contributed by atoms with Crippen LogP contribution >= 0.6 is 0 Å². The van der Waals surface area contributed by atoms with Gasteiger partial charge in [0, 0.05) is 42.6 Å². The minimum Gasteiger partial charge on any atom is -0.486 e. The topological polar surface area (TPSA) is 75.3 Å². The Balaban J connectivity index is 1.33. The first-order chi connectivity index (χ1) is 14.3. The van der Waals surface area contributed by atoms with Crippen LogP contribution in [-0.4, -0.2) is 45.5 Å². The van der Waals surface area contributed by atoms with E-state index in [9.17, 15) is 9.59 Å². The van der Waals surface area contributed by atoms with Crippen LogP contribution in [0.1, 0.15) is 56.8 Å². The van der Waals surface area contributed by atoms with Crippen LogP contribution in [0.25, 0.3) is 10.9 Å². The van der Waals surface area contributed by atoms with Crippen LogP contribution in [-0.2, 0) is 0 Å². The van der Waals surface area contributed by atoms with Gasteiger partial charge in [-0.05, 0) is 56.2 Å². The van der Waals surface area contributed by atoms with Crippen LogP contribution in [0.5, 0.6) is 5.75 Å². The number of nitrogens with one attached hydrogen (secondary N) is 1. The monoisotopic (exact) mass is 403 g/mol. The third-order valence-electron chi connectivity index (χ3n) is 6.66. The summed E-state index contributed by atoms with van der Waals surface area (Å²) in [6.45, 7) is 7.16. The van der Waals surface area contributed by atoms with Gasteiger partial charge < -0.3 is 9.64 Å². The molecule has 2 aromatic carbocycles. The molecule has 30 heavy (non-hydrogen) atoms. The number of Topliss-reactive ketones (excluding diaryl/α,β-unsaturated/α-hetero) is 1. The summed E-state index contributed by atoms with van der Waals surface area (Å²) in [6.07, 6.45) is 1.68. The van der Waals surface area contributed by atoms with Gasteiger partial charge in [-0.25, -0.2) is 0 Å². The second-order valence-electron chi connectivity index (χ2n) is 8.69. The van der Waals surface area contributed by atoms with Crippen molar-refractivity contribution in [1.82, 2.24) is 15.1 Å². The van der Waals surface area contributed by atoms with Gasteiger partial charge in [0.2, 0.25) is 0 Å². The molecule has 6 heteroatoms. The van der Waals surface area contributed by atoms with E-state index in [1.807, 2.05) is 56.0 Å². The molecule has 154 valence electrons. The van der Waals surface area contributed by atoms with Gasteiger partial charge in [-0.15, -0.1) is 0 Å². The lowest BCUT2D eigenvalue weighted by Gasteiger charge is -2.44. The number of fused-ring (bicyclic) bond motifs is 2. The molecule has 1 saturated heterocycles.